The Kier molecular flexibility index (Phi) is 3.79. The molecule has 5 nitrogen and oxygen atoms in total. The Morgan fingerprint density at radius 1 is 1.24 bits per heavy atom. The van der Waals surface area contributed by atoms with Crippen LogP contribution >= 0.6 is 11.8 Å². The summed E-state index contributed by atoms with van der Waals surface area (Å²) in [6, 6.07) is 10.00. The third-order valence-corrected chi connectivity index (χ3v) is 4.54. The van der Waals surface area contributed by atoms with Crippen molar-refractivity contribution in [3.05, 3.63) is 47.3 Å². The Labute approximate surface area is 127 Å². The van der Waals surface area contributed by atoms with Crippen molar-refractivity contribution in [2.24, 2.45) is 0 Å². The molecule has 0 fully saturated rings. The van der Waals surface area contributed by atoms with E-state index in [0.29, 0.717) is 5.95 Å². The van der Waals surface area contributed by atoms with Gasteiger partial charge in [0.05, 0.1) is 5.25 Å². The van der Waals surface area contributed by atoms with Crippen LogP contribution in [-0.2, 0) is 11.2 Å². The van der Waals surface area contributed by atoms with E-state index in [1.807, 2.05) is 38.1 Å². The Bertz CT molecular complexity index is 644. The van der Waals surface area contributed by atoms with Crippen LogP contribution in [0, 0.1) is 13.8 Å². The predicted molar refractivity (Wildman–Crippen MR) is 83.1 cm³/mol. The number of benzene rings is 1. The summed E-state index contributed by atoms with van der Waals surface area (Å²) in [4.78, 5) is 21.8. The van der Waals surface area contributed by atoms with Gasteiger partial charge in [0.1, 0.15) is 0 Å². The molecule has 0 radical (unpaired) electrons. The van der Waals surface area contributed by atoms with Crippen molar-refractivity contribution in [1.82, 2.24) is 15.4 Å². The maximum Gasteiger partial charge on any atom is 0.252 e. The number of fused-ring (bicyclic) bond motifs is 1. The number of hydrazine groups is 1. The van der Waals surface area contributed by atoms with Gasteiger partial charge in [-0.1, -0.05) is 18.2 Å². The number of carbonyl (C=O) groups excluding carboxylic acids is 1. The molecule has 0 spiro atoms. The summed E-state index contributed by atoms with van der Waals surface area (Å²) in [5, 5.41) is -0.110. The molecule has 0 saturated carbocycles. The third kappa shape index (κ3) is 3.16. The zero-order valence-electron chi connectivity index (χ0n) is 11.9. The van der Waals surface area contributed by atoms with E-state index in [-0.39, 0.29) is 11.2 Å². The van der Waals surface area contributed by atoms with Gasteiger partial charge in [-0.05, 0) is 38.0 Å². The second-order valence-electron chi connectivity index (χ2n) is 5.01. The Morgan fingerprint density at radius 2 is 1.95 bits per heavy atom. The standard InChI is InChI=1S/C15H16N4OS/c1-9-7-10(2)17-15(16-9)19-18-14(20)13-8-11-5-3-4-6-12(11)21-13/h3-7,13H,8H2,1-2H3,(H,18,20)(H,16,17,19)/t13-/m0/s1. The van der Waals surface area contributed by atoms with Crippen LogP contribution in [-0.4, -0.2) is 21.1 Å². The third-order valence-electron chi connectivity index (χ3n) is 3.22. The van der Waals surface area contributed by atoms with E-state index in [4.69, 9.17) is 0 Å². The molecule has 0 unspecified atom stereocenters. The fourth-order valence-corrected chi connectivity index (χ4v) is 3.50. The molecule has 1 aliphatic heterocycles. The molecular weight excluding hydrogens is 284 g/mol. The SMILES string of the molecule is Cc1cc(C)nc(NNC(=O)[C@@H]2Cc3ccccc3S2)n1. The number of hydrogen-bond acceptors (Lipinski definition) is 5. The van der Waals surface area contributed by atoms with Crippen LogP contribution in [0.2, 0.25) is 0 Å². The average Bonchev–Trinajstić information content (AvgIpc) is 2.87. The molecule has 2 aromatic rings. The Balaban J connectivity index is 1.61. The van der Waals surface area contributed by atoms with Crippen LogP contribution in [0.25, 0.3) is 0 Å². The molecule has 6 heteroatoms. The van der Waals surface area contributed by atoms with Crippen LogP contribution in [0.15, 0.2) is 35.2 Å². The maximum absolute atomic E-state index is 12.2. The molecule has 0 bridgehead atoms. The molecule has 108 valence electrons. The Morgan fingerprint density at radius 3 is 2.67 bits per heavy atom. The Hall–Kier alpha value is -2.08. The zero-order chi connectivity index (χ0) is 14.8. The maximum atomic E-state index is 12.2. The van der Waals surface area contributed by atoms with Crippen molar-refractivity contribution in [2.75, 3.05) is 5.43 Å². The lowest BCUT2D eigenvalue weighted by Gasteiger charge is -2.11. The summed E-state index contributed by atoms with van der Waals surface area (Å²) in [6.45, 7) is 3.79. The highest BCUT2D eigenvalue weighted by molar-refractivity contribution is 8.01. The van der Waals surface area contributed by atoms with Gasteiger partial charge in [0, 0.05) is 16.3 Å². The van der Waals surface area contributed by atoms with Crippen LogP contribution in [0.3, 0.4) is 0 Å². The summed E-state index contributed by atoms with van der Waals surface area (Å²) in [6.07, 6.45) is 0.752. The van der Waals surface area contributed by atoms with Crippen molar-refractivity contribution in [2.45, 2.75) is 30.4 Å². The smallest absolute Gasteiger partial charge is 0.252 e. The first kappa shape index (κ1) is 13.9. The van der Waals surface area contributed by atoms with Gasteiger partial charge in [0.15, 0.2) is 0 Å². The number of amides is 1. The minimum atomic E-state index is -0.110. The number of hydrogen-bond donors (Lipinski definition) is 2. The molecule has 0 aliphatic carbocycles. The van der Waals surface area contributed by atoms with Crippen LogP contribution in [0.5, 0.6) is 0 Å². The van der Waals surface area contributed by atoms with Crippen molar-refractivity contribution in [3.8, 4) is 0 Å². The second kappa shape index (κ2) is 5.73. The summed E-state index contributed by atoms with van der Waals surface area (Å²) in [7, 11) is 0. The van der Waals surface area contributed by atoms with E-state index >= 15 is 0 Å². The van der Waals surface area contributed by atoms with Crippen molar-refractivity contribution in [3.63, 3.8) is 0 Å². The molecule has 21 heavy (non-hydrogen) atoms. The minimum absolute atomic E-state index is 0.0565. The first-order valence-corrected chi connectivity index (χ1v) is 7.62. The fourth-order valence-electron chi connectivity index (χ4n) is 2.31. The van der Waals surface area contributed by atoms with Crippen LogP contribution in [0.1, 0.15) is 17.0 Å². The van der Waals surface area contributed by atoms with Crippen molar-refractivity contribution >= 4 is 23.6 Å². The molecule has 1 aromatic carbocycles. The van der Waals surface area contributed by atoms with Gasteiger partial charge in [0.2, 0.25) is 5.95 Å². The van der Waals surface area contributed by atoms with Gasteiger partial charge < -0.3 is 0 Å². The highest BCUT2D eigenvalue weighted by atomic mass is 32.2. The van der Waals surface area contributed by atoms with E-state index in [9.17, 15) is 4.79 Å². The largest absolute Gasteiger partial charge is 0.272 e. The molecule has 2 N–H and O–H groups in total. The summed E-state index contributed by atoms with van der Waals surface area (Å²) >= 11 is 1.59. The quantitative estimate of drug-likeness (QED) is 0.851. The van der Waals surface area contributed by atoms with E-state index in [1.165, 1.54) is 10.5 Å². The highest BCUT2D eigenvalue weighted by Gasteiger charge is 2.27. The van der Waals surface area contributed by atoms with Gasteiger partial charge in [-0.3, -0.25) is 15.6 Å². The number of carbonyl (C=O) groups is 1. The van der Waals surface area contributed by atoms with E-state index in [1.54, 1.807) is 11.8 Å². The van der Waals surface area contributed by atoms with Gasteiger partial charge in [-0.2, -0.15) is 0 Å². The number of nitrogens with one attached hydrogen (secondary N) is 2. The number of aromatic nitrogens is 2. The molecular formula is C15H16N4OS. The summed E-state index contributed by atoms with van der Waals surface area (Å²) < 4.78 is 0. The number of nitrogens with zero attached hydrogens (tertiary/aromatic N) is 2. The van der Waals surface area contributed by atoms with Gasteiger partial charge in [-0.25, -0.2) is 9.97 Å². The summed E-state index contributed by atoms with van der Waals surface area (Å²) in [5.74, 6) is 0.361. The average molecular weight is 300 g/mol. The first-order chi connectivity index (χ1) is 10.1. The van der Waals surface area contributed by atoms with Gasteiger partial charge in [-0.15, -0.1) is 11.8 Å². The summed E-state index contributed by atoms with van der Waals surface area (Å²) in [5.41, 5.74) is 8.44. The molecule has 1 aromatic heterocycles. The van der Waals surface area contributed by atoms with Crippen molar-refractivity contribution < 1.29 is 4.79 Å². The second-order valence-corrected chi connectivity index (χ2v) is 6.25. The highest BCUT2D eigenvalue weighted by Crippen LogP contribution is 2.36. The predicted octanol–water partition coefficient (Wildman–Crippen LogP) is 2.25. The molecule has 2 heterocycles. The minimum Gasteiger partial charge on any atom is -0.272 e. The van der Waals surface area contributed by atoms with E-state index < -0.39 is 0 Å². The molecule has 1 atom stereocenters. The van der Waals surface area contributed by atoms with E-state index in [2.05, 4.69) is 26.9 Å². The van der Waals surface area contributed by atoms with Crippen LogP contribution < -0.4 is 10.9 Å². The first-order valence-electron chi connectivity index (χ1n) is 6.74. The normalized spacial score (nSPS) is 16.4. The monoisotopic (exact) mass is 300 g/mol. The molecule has 1 amide bonds. The lowest BCUT2D eigenvalue weighted by atomic mass is 10.1. The number of rotatable bonds is 3. The lowest BCUT2D eigenvalue weighted by molar-refractivity contribution is -0.120. The molecule has 1 aliphatic rings. The molecule has 0 saturated heterocycles. The van der Waals surface area contributed by atoms with Gasteiger partial charge in [0.25, 0.3) is 5.91 Å². The number of aryl methyl sites for hydroxylation is 2. The van der Waals surface area contributed by atoms with Crippen LogP contribution in [0.4, 0.5) is 5.95 Å². The fraction of sp³-hybridized carbons (Fsp3) is 0.267. The number of anilines is 1. The van der Waals surface area contributed by atoms with E-state index in [0.717, 1.165) is 17.8 Å². The topological polar surface area (TPSA) is 66.9 Å². The molecule has 3 rings (SSSR count). The zero-order valence-corrected chi connectivity index (χ0v) is 12.7. The van der Waals surface area contributed by atoms with Crippen molar-refractivity contribution in [1.29, 1.82) is 0 Å². The lowest BCUT2D eigenvalue weighted by Crippen LogP contribution is -2.37. The number of thioether (sulfide) groups is 1. The van der Waals surface area contributed by atoms with Gasteiger partial charge >= 0.3 is 0 Å².